The largest absolute Gasteiger partial charge is 0.497 e. The highest BCUT2D eigenvalue weighted by Crippen LogP contribution is 2.30. The Balaban J connectivity index is 1.38. The Bertz CT molecular complexity index is 1660. The Morgan fingerprint density at radius 1 is 1.00 bits per heavy atom. The van der Waals surface area contributed by atoms with E-state index in [9.17, 15) is 9.59 Å². The normalized spacial score (nSPS) is 10.9. The van der Waals surface area contributed by atoms with Crippen LogP contribution in [0, 0.1) is 6.92 Å². The fourth-order valence-electron chi connectivity index (χ4n) is 4.26. The van der Waals surface area contributed by atoms with E-state index in [1.54, 1.807) is 26.3 Å². The fourth-order valence-corrected chi connectivity index (χ4v) is 4.26. The molecule has 0 aliphatic carbocycles. The molecule has 1 N–H and O–H groups in total. The van der Waals surface area contributed by atoms with Gasteiger partial charge in [-0.1, -0.05) is 25.1 Å². The molecule has 1 amide bonds. The van der Waals surface area contributed by atoms with Crippen molar-refractivity contribution >= 4 is 22.8 Å². The molecular weight excluding hydrogens is 484 g/mol. The van der Waals surface area contributed by atoms with E-state index in [4.69, 9.17) is 9.47 Å². The molecule has 5 aromatic rings. The molecule has 0 saturated carbocycles. The summed E-state index contributed by atoms with van der Waals surface area (Å²) in [6, 6.07) is 16.5. The van der Waals surface area contributed by atoms with Crippen LogP contribution in [0.25, 0.3) is 16.6 Å². The van der Waals surface area contributed by atoms with Gasteiger partial charge in [-0.2, -0.15) is 0 Å². The summed E-state index contributed by atoms with van der Waals surface area (Å²) in [7, 11) is 1.60. The van der Waals surface area contributed by atoms with Crippen molar-refractivity contribution in [2.45, 2.75) is 26.8 Å². The minimum atomic E-state index is -0.574. The highest BCUT2D eigenvalue weighted by Gasteiger charge is 2.24. The van der Waals surface area contributed by atoms with Gasteiger partial charge in [-0.15, -0.1) is 0 Å². The van der Waals surface area contributed by atoms with E-state index in [0.29, 0.717) is 35.2 Å². The van der Waals surface area contributed by atoms with Crippen molar-refractivity contribution < 1.29 is 14.3 Å². The first-order valence-electron chi connectivity index (χ1n) is 12.1. The van der Waals surface area contributed by atoms with Crippen LogP contribution in [-0.4, -0.2) is 37.3 Å². The molecule has 10 nitrogen and oxygen atoms in total. The summed E-state index contributed by atoms with van der Waals surface area (Å²) in [5.41, 5.74) is 1.62. The standard InChI is InChI=1S/C28H26N6O4/c1-4-14-33-18(2)25(27(36)34(33)19-8-6-5-7-9-19)26(35)32-28-30-16-21(17-31-28)38-24-12-13-29-23-15-20(37-3)10-11-22(23)24/h5-13,15-17H,4,14H2,1-3H3,(H,30,31,32,35). The predicted octanol–water partition coefficient (Wildman–Crippen LogP) is 4.75. The zero-order valence-corrected chi connectivity index (χ0v) is 21.2. The molecule has 3 aromatic heterocycles. The monoisotopic (exact) mass is 510 g/mol. The quantitative estimate of drug-likeness (QED) is 0.321. The minimum Gasteiger partial charge on any atom is -0.497 e. The zero-order chi connectivity index (χ0) is 26.6. The van der Waals surface area contributed by atoms with Crippen LogP contribution in [-0.2, 0) is 6.54 Å². The maximum atomic E-state index is 13.3. The smallest absolute Gasteiger partial charge is 0.284 e. The number of para-hydroxylation sites is 1. The van der Waals surface area contributed by atoms with Crippen LogP contribution in [0.4, 0.5) is 5.95 Å². The van der Waals surface area contributed by atoms with Gasteiger partial charge in [-0.05, 0) is 43.7 Å². The molecule has 0 saturated heterocycles. The average molecular weight is 511 g/mol. The molecule has 2 aromatic carbocycles. The molecule has 0 aliphatic rings. The number of carbonyl (C=O) groups excluding carboxylic acids is 1. The van der Waals surface area contributed by atoms with Gasteiger partial charge in [0.05, 0.1) is 36.4 Å². The number of nitrogens with one attached hydrogen (secondary N) is 1. The topological polar surface area (TPSA) is 113 Å². The number of rotatable bonds is 8. The summed E-state index contributed by atoms with van der Waals surface area (Å²) < 4.78 is 14.6. The van der Waals surface area contributed by atoms with Gasteiger partial charge < -0.3 is 9.47 Å². The number of anilines is 1. The number of amides is 1. The third kappa shape index (κ3) is 4.71. The molecule has 10 heteroatoms. The molecule has 0 bridgehead atoms. The number of hydrogen-bond acceptors (Lipinski definition) is 7. The summed E-state index contributed by atoms with van der Waals surface area (Å²) in [6.07, 6.45) is 5.35. The summed E-state index contributed by atoms with van der Waals surface area (Å²) >= 11 is 0. The summed E-state index contributed by atoms with van der Waals surface area (Å²) in [5, 5.41) is 3.44. The molecule has 192 valence electrons. The molecule has 0 spiro atoms. The third-order valence-electron chi connectivity index (χ3n) is 6.05. The second-order valence-electron chi connectivity index (χ2n) is 8.53. The van der Waals surface area contributed by atoms with Crippen LogP contribution >= 0.6 is 0 Å². The molecule has 0 radical (unpaired) electrons. The average Bonchev–Trinajstić information content (AvgIpc) is 3.19. The molecular formula is C28H26N6O4. The van der Waals surface area contributed by atoms with Gasteiger partial charge >= 0.3 is 0 Å². The Hall–Kier alpha value is -4.99. The second-order valence-corrected chi connectivity index (χ2v) is 8.53. The number of hydrogen-bond donors (Lipinski definition) is 1. The first-order valence-corrected chi connectivity index (χ1v) is 12.1. The Morgan fingerprint density at radius 2 is 1.76 bits per heavy atom. The number of aromatic nitrogens is 5. The first kappa shape index (κ1) is 24.7. The molecule has 38 heavy (non-hydrogen) atoms. The van der Waals surface area contributed by atoms with Gasteiger partial charge in [0.25, 0.3) is 11.5 Å². The van der Waals surface area contributed by atoms with Gasteiger partial charge in [0.2, 0.25) is 5.95 Å². The molecule has 0 aliphatic heterocycles. The first-order chi connectivity index (χ1) is 18.5. The highest BCUT2D eigenvalue weighted by molar-refractivity contribution is 6.04. The van der Waals surface area contributed by atoms with Crippen molar-refractivity contribution in [3.8, 4) is 22.9 Å². The second kappa shape index (κ2) is 10.6. The van der Waals surface area contributed by atoms with Crippen LogP contribution in [0.5, 0.6) is 17.2 Å². The summed E-state index contributed by atoms with van der Waals surface area (Å²) in [5.74, 6) is 1.13. The van der Waals surface area contributed by atoms with E-state index < -0.39 is 11.5 Å². The van der Waals surface area contributed by atoms with Gasteiger partial charge in [0.15, 0.2) is 5.75 Å². The number of benzene rings is 2. The van der Waals surface area contributed by atoms with Gasteiger partial charge in [0, 0.05) is 24.2 Å². The van der Waals surface area contributed by atoms with E-state index in [2.05, 4.69) is 20.3 Å². The maximum Gasteiger partial charge on any atom is 0.284 e. The Labute approximate surface area is 218 Å². The number of fused-ring (bicyclic) bond motifs is 1. The van der Waals surface area contributed by atoms with Crippen LogP contribution < -0.4 is 20.3 Å². The zero-order valence-electron chi connectivity index (χ0n) is 21.2. The highest BCUT2D eigenvalue weighted by atomic mass is 16.5. The molecule has 0 unspecified atom stereocenters. The maximum absolute atomic E-state index is 13.3. The van der Waals surface area contributed by atoms with Crippen LogP contribution in [0.15, 0.2) is 78.0 Å². The number of nitrogens with zero attached hydrogens (tertiary/aromatic N) is 5. The Kier molecular flexibility index (Phi) is 6.86. The molecule has 5 rings (SSSR count). The molecule has 0 atom stereocenters. The van der Waals surface area contributed by atoms with E-state index in [1.807, 2.05) is 60.1 Å². The van der Waals surface area contributed by atoms with Gasteiger partial charge in [-0.3, -0.25) is 24.6 Å². The van der Waals surface area contributed by atoms with Crippen molar-refractivity contribution in [1.82, 2.24) is 24.3 Å². The lowest BCUT2D eigenvalue weighted by Gasteiger charge is -2.12. The van der Waals surface area contributed by atoms with Crippen molar-refractivity contribution in [1.29, 1.82) is 0 Å². The minimum absolute atomic E-state index is 0.0462. The lowest BCUT2D eigenvalue weighted by molar-refractivity contribution is 0.102. The number of methoxy groups -OCH3 is 1. The molecule has 0 fully saturated rings. The number of ether oxygens (including phenoxy) is 2. The predicted molar refractivity (Wildman–Crippen MR) is 143 cm³/mol. The Morgan fingerprint density at radius 3 is 2.47 bits per heavy atom. The van der Waals surface area contributed by atoms with Crippen molar-refractivity contribution in [3.63, 3.8) is 0 Å². The third-order valence-corrected chi connectivity index (χ3v) is 6.05. The van der Waals surface area contributed by atoms with E-state index in [-0.39, 0.29) is 11.5 Å². The van der Waals surface area contributed by atoms with E-state index >= 15 is 0 Å². The lowest BCUT2D eigenvalue weighted by atomic mass is 10.2. The fraction of sp³-hybridized carbons (Fsp3) is 0.179. The molecule has 3 heterocycles. The van der Waals surface area contributed by atoms with E-state index in [1.165, 1.54) is 17.1 Å². The lowest BCUT2D eigenvalue weighted by Crippen LogP contribution is -2.26. The van der Waals surface area contributed by atoms with E-state index in [0.717, 1.165) is 17.3 Å². The number of carbonyl (C=O) groups is 1. The van der Waals surface area contributed by atoms with Crippen LogP contribution in [0.1, 0.15) is 29.4 Å². The van der Waals surface area contributed by atoms with Crippen LogP contribution in [0.3, 0.4) is 0 Å². The summed E-state index contributed by atoms with van der Waals surface area (Å²) in [4.78, 5) is 39.3. The van der Waals surface area contributed by atoms with Gasteiger partial charge in [-0.25, -0.2) is 14.6 Å². The van der Waals surface area contributed by atoms with Crippen molar-refractivity contribution in [2.24, 2.45) is 0 Å². The van der Waals surface area contributed by atoms with Crippen molar-refractivity contribution in [2.75, 3.05) is 12.4 Å². The number of pyridine rings is 1. The van der Waals surface area contributed by atoms with Crippen molar-refractivity contribution in [3.05, 3.63) is 94.8 Å². The van der Waals surface area contributed by atoms with Crippen LogP contribution in [0.2, 0.25) is 0 Å². The SMILES string of the molecule is CCCn1c(C)c(C(=O)Nc2ncc(Oc3ccnc4cc(OC)ccc34)cn2)c(=O)n1-c1ccccc1. The van der Waals surface area contributed by atoms with Gasteiger partial charge in [0.1, 0.15) is 17.1 Å². The summed E-state index contributed by atoms with van der Waals surface area (Å²) in [6.45, 7) is 4.36.